The molecule has 1 aromatic heterocycles. The van der Waals surface area contributed by atoms with Crippen LogP contribution in [-0.4, -0.2) is 24.3 Å². The number of benzene rings is 2. The predicted octanol–water partition coefficient (Wildman–Crippen LogP) is 4.68. The lowest BCUT2D eigenvalue weighted by atomic mass is 10.1. The van der Waals surface area contributed by atoms with Gasteiger partial charge in [0.25, 0.3) is 5.91 Å². The molecule has 0 spiro atoms. The number of nitrogens with zero attached hydrogens (tertiary/aromatic N) is 2. The standard InChI is InChI=1S/C20H15ClF3N3O3S/c1-12-6-8-13(9-7-12)11-31(29,30)19-25-10-15(21)17(27-19)18(28)26-16-5-3-2-4-14(16)20(22,23)24/h2-10H,11H2,1H3,(H,26,28). The Morgan fingerprint density at radius 2 is 1.74 bits per heavy atom. The molecule has 3 rings (SSSR count). The summed E-state index contributed by atoms with van der Waals surface area (Å²) in [6.07, 6.45) is -3.79. The summed E-state index contributed by atoms with van der Waals surface area (Å²) in [5, 5.41) is 1.11. The number of hydrogen-bond acceptors (Lipinski definition) is 5. The van der Waals surface area contributed by atoms with E-state index in [4.69, 9.17) is 11.6 Å². The van der Waals surface area contributed by atoms with E-state index in [-0.39, 0.29) is 5.02 Å². The van der Waals surface area contributed by atoms with E-state index < -0.39 is 49.8 Å². The number of nitrogens with one attached hydrogen (secondary N) is 1. The lowest BCUT2D eigenvalue weighted by Gasteiger charge is -2.14. The van der Waals surface area contributed by atoms with E-state index >= 15 is 0 Å². The van der Waals surface area contributed by atoms with Crippen LogP contribution in [0.4, 0.5) is 18.9 Å². The number of rotatable bonds is 5. The maximum Gasteiger partial charge on any atom is 0.418 e. The van der Waals surface area contributed by atoms with Crippen molar-refractivity contribution in [2.24, 2.45) is 0 Å². The SMILES string of the molecule is Cc1ccc(CS(=O)(=O)c2ncc(Cl)c(C(=O)Nc3ccccc3C(F)(F)F)n2)cc1. The van der Waals surface area contributed by atoms with E-state index in [9.17, 15) is 26.4 Å². The molecular formula is C20H15ClF3N3O3S. The van der Waals surface area contributed by atoms with Crippen molar-refractivity contribution in [1.29, 1.82) is 0 Å². The van der Waals surface area contributed by atoms with E-state index in [1.165, 1.54) is 12.1 Å². The fourth-order valence-corrected chi connectivity index (χ4v) is 4.03. The zero-order valence-corrected chi connectivity index (χ0v) is 17.5. The topological polar surface area (TPSA) is 89.0 Å². The monoisotopic (exact) mass is 469 g/mol. The van der Waals surface area contributed by atoms with Gasteiger partial charge in [0.1, 0.15) is 0 Å². The summed E-state index contributed by atoms with van der Waals surface area (Å²) in [5.74, 6) is -1.52. The van der Waals surface area contributed by atoms with Crippen molar-refractivity contribution in [2.45, 2.75) is 24.0 Å². The van der Waals surface area contributed by atoms with Crippen LogP contribution in [0.5, 0.6) is 0 Å². The molecule has 11 heteroatoms. The molecule has 1 amide bonds. The fraction of sp³-hybridized carbons (Fsp3) is 0.150. The first kappa shape index (κ1) is 22.7. The zero-order valence-electron chi connectivity index (χ0n) is 15.9. The van der Waals surface area contributed by atoms with E-state index in [2.05, 4.69) is 15.3 Å². The first-order valence-corrected chi connectivity index (χ1v) is 10.8. The number of aryl methyl sites for hydroxylation is 1. The van der Waals surface area contributed by atoms with Crippen LogP contribution in [0.1, 0.15) is 27.2 Å². The fourth-order valence-electron chi connectivity index (χ4n) is 2.65. The molecule has 0 unspecified atom stereocenters. The van der Waals surface area contributed by atoms with Gasteiger partial charge in [0.05, 0.1) is 28.2 Å². The Balaban J connectivity index is 1.91. The molecule has 162 valence electrons. The number of amides is 1. The second-order valence-corrected chi connectivity index (χ2v) is 8.88. The highest BCUT2D eigenvalue weighted by atomic mass is 35.5. The summed E-state index contributed by atoms with van der Waals surface area (Å²) >= 11 is 5.91. The van der Waals surface area contributed by atoms with E-state index in [1.54, 1.807) is 24.3 Å². The van der Waals surface area contributed by atoms with Crippen molar-refractivity contribution in [3.63, 3.8) is 0 Å². The molecule has 0 saturated heterocycles. The minimum Gasteiger partial charge on any atom is -0.320 e. The molecule has 3 aromatic rings. The van der Waals surface area contributed by atoms with Gasteiger partial charge in [-0.15, -0.1) is 0 Å². The maximum atomic E-state index is 13.2. The van der Waals surface area contributed by atoms with Crippen LogP contribution in [-0.2, 0) is 21.8 Å². The maximum absolute atomic E-state index is 13.2. The summed E-state index contributed by atoms with van der Waals surface area (Å²) in [7, 11) is -4.04. The Hall–Kier alpha value is -2.98. The van der Waals surface area contributed by atoms with Gasteiger partial charge in [-0.2, -0.15) is 13.2 Å². The van der Waals surface area contributed by atoms with Crippen molar-refractivity contribution in [2.75, 3.05) is 5.32 Å². The number of carbonyl (C=O) groups is 1. The molecule has 31 heavy (non-hydrogen) atoms. The first-order valence-electron chi connectivity index (χ1n) is 8.76. The average molecular weight is 470 g/mol. The molecular weight excluding hydrogens is 455 g/mol. The molecule has 0 fully saturated rings. The summed E-state index contributed by atoms with van der Waals surface area (Å²) in [6.45, 7) is 1.85. The van der Waals surface area contributed by atoms with E-state index in [0.29, 0.717) is 5.56 Å². The number of carbonyl (C=O) groups excluding carboxylic acids is 1. The first-order chi connectivity index (χ1) is 14.5. The van der Waals surface area contributed by atoms with E-state index in [0.717, 1.165) is 23.9 Å². The van der Waals surface area contributed by atoms with Crippen LogP contribution in [0.2, 0.25) is 5.02 Å². The molecule has 0 bridgehead atoms. The van der Waals surface area contributed by atoms with Gasteiger partial charge in [-0.3, -0.25) is 4.79 Å². The molecule has 0 atom stereocenters. The van der Waals surface area contributed by atoms with Gasteiger partial charge in [0.2, 0.25) is 15.0 Å². The van der Waals surface area contributed by atoms with Crippen LogP contribution in [0, 0.1) is 6.92 Å². The summed E-state index contributed by atoms with van der Waals surface area (Å²) in [6, 6.07) is 11.1. The molecule has 6 nitrogen and oxygen atoms in total. The van der Waals surface area contributed by atoms with Crippen LogP contribution in [0.15, 0.2) is 59.9 Å². The molecule has 0 aliphatic carbocycles. The van der Waals surface area contributed by atoms with Crippen LogP contribution in [0.25, 0.3) is 0 Å². The third kappa shape index (κ3) is 5.39. The average Bonchev–Trinajstić information content (AvgIpc) is 2.69. The molecule has 0 saturated carbocycles. The van der Waals surface area contributed by atoms with Gasteiger partial charge >= 0.3 is 6.18 Å². The van der Waals surface area contributed by atoms with Crippen LogP contribution < -0.4 is 5.32 Å². The second-order valence-electron chi connectivity index (χ2n) is 6.59. The lowest BCUT2D eigenvalue weighted by molar-refractivity contribution is -0.136. The number of anilines is 1. The molecule has 0 aliphatic rings. The van der Waals surface area contributed by atoms with Gasteiger partial charge in [-0.1, -0.05) is 53.6 Å². The molecule has 2 aromatic carbocycles. The normalized spacial score (nSPS) is 11.9. The highest BCUT2D eigenvalue weighted by Gasteiger charge is 2.34. The Labute approximate surface area is 181 Å². The summed E-state index contributed by atoms with van der Waals surface area (Å²) in [5.41, 5.74) is -0.716. The smallest absolute Gasteiger partial charge is 0.320 e. The highest BCUT2D eigenvalue weighted by Crippen LogP contribution is 2.34. The Morgan fingerprint density at radius 3 is 2.39 bits per heavy atom. The number of para-hydroxylation sites is 1. The predicted molar refractivity (Wildman–Crippen MR) is 109 cm³/mol. The van der Waals surface area contributed by atoms with Crippen LogP contribution in [0.3, 0.4) is 0 Å². The minimum absolute atomic E-state index is 0.309. The van der Waals surface area contributed by atoms with Crippen molar-refractivity contribution < 1.29 is 26.4 Å². The Bertz CT molecular complexity index is 1230. The number of alkyl halides is 3. The summed E-state index contributed by atoms with van der Waals surface area (Å²) in [4.78, 5) is 19.9. The third-order valence-corrected chi connectivity index (χ3v) is 5.92. The molecule has 1 N–H and O–H groups in total. The Morgan fingerprint density at radius 1 is 1.10 bits per heavy atom. The molecule has 1 heterocycles. The number of sulfone groups is 1. The zero-order chi connectivity index (χ0) is 22.8. The van der Waals surface area contributed by atoms with E-state index in [1.807, 2.05) is 6.92 Å². The van der Waals surface area contributed by atoms with Gasteiger partial charge in [-0.25, -0.2) is 18.4 Å². The molecule has 0 radical (unpaired) electrons. The van der Waals surface area contributed by atoms with Gasteiger partial charge in [-0.05, 0) is 24.6 Å². The number of hydrogen-bond donors (Lipinski definition) is 1. The minimum atomic E-state index is -4.71. The lowest BCUT2D eigenvalue weighted by Crippen LogP contribution is -2.20. The van der Waals surface area contributed by atoms with Gasteiger partial charge in [0.15, 0.2) is 5.69 Å². The van der Waals surface area contributed by atoms with Crippen molar-refractivity contribution in [3.8, 4) is 0 Å². The van der Waals surface area contributed by atoms with Gasteiger partial charge < -0.3 is 5.32 Å². The largest absolute Gasteiger partial charge is 0.418 e. The third-order valence-electron chi connectivity index (χ3n) is 4.17. The molecule has 0 aliphatic heterocycles. The van der Waals surface area contributed by atoms with Crippen molar-refractivity contribution >= 4 is 33.0 Å². The van der Waals surface area contributed by atoms with Gasteiger partial charge in [0, 0.05) is 0 Å². The number of halogens is 4. The second kappa shape index (κ2) is 8.64. The number of aromatic nitrogens is 2. The highest BCUT2D eigenvalue weighted by molar-refractivity contribution is 7.90. The summed E-state index contributed by atoms with van der Waals surface area (Å²) < 4.78 is 64.8. The van der Waals surface area contributed by atoms with Crippen molar-refractivity contribution in [3.05, 3.63) is 82.1 Å². The Kier molecular flexibility index (Phi) is 6.33. The van der Waals surface area contributed by atoms with Crippen molar-refractivity contribution in [1.82, 2.24) is 9.97 Å². The van der Waals surface area contributed by atoms with Crippen LogP contribution >= 0.6 is 11.6 Å². The quantitative estimate of drug-likeness (QED) is 0.548.